The molecule has 1 unspecified atom stereocenters. The van der Waals surface area contributed by atoms with Crippen LogP contribution in [0.1, 0.15) is 17.7 Å². The highest BCUT2D eigenvalue weighted by Crippen LogP contribution is 2.30. The second-order valence-electron chi connectivity index (χ2n) is 8.03. The van der Waals surface area contributed by atoms with E-state index in [9.17, 15) is 0 Å². The van der Waals surface area contributed by atoms with E-state index in [1.807, 2.05) is 31.2 Å². The second-order valence-corrected chi connectivity index (χ2v) is 8.44. The molecular weight excluding hydrogens is 398 g/mol. The summed E-state index contributed by atoms with van der Waals surface area (Å²) in [6, 6.07) is 14.2. The average Bonchev–Trinajstić information content (AvgIpc) is 3.37. The zero-order chi connectivity index (χ0) is 20.7. The van der Waals surface area contributed by atoms with Crippen molar-refractivity contribution >= 4 is 28.3 Å². The number of nitrogens with zero attached hydrogens (tertiary/aromatic N) is 5. The number of fused-ring (bicyclic) bond motifs is 3. The van der Waals surface area contributed by atoms with E-state index in [0.717, 1.165) is 60.0 Å². The lowest BCUT2D eigenvalue weighted by atomic mass is 10.1. The van der Waals surface area contributed by atoms with Gasteiger partial charge >= 0.3 is 0 Å². The molecule has 1 aliphatic rings. The van der Waals surface area contributed by atoms with Crippen LogP contribution in [0.2, 0.25) is 5.02 Å². The molecular formula is C23H24ClN5O. The lowest BCUT2D eigenvalue weighted by Crippen LogP contribution is -2.21. The zero-order valence-electron chi connectivity index (χ0n) is 17.2. The van der Waals surface area contributed by atoms with E-state index in [4.69, 9.17) is 21.3 Å². The van der Waals surface area contributed by atoms with Gasteiger partial charge in [0.2, 0.25) is 0 Å². The number of halogens is 1. The first-order chi connectivity index (χ1) is 14.6. The Morgan fingerprint density at radius 2 is 2.03 bits per heavy atom. The van der Waals surface area contributed by atoms with Gasteiger partial charge < -0.3 is 4.74 Å². The van der Waals surface area contributed by atoms with Gasteiger partial charge in [0.25, 0.3) is 0 Å². The van der Waals surface area contributed by atoms with E-state index < -0.39 is 0 Å². The van der Waals surface area contributed by atoms with Crippen molar-refractivity contribution in [3.05, 3.63) is 58.7 Å². The molecule has 6 nitrogen and oxygen atoms in total. The number of hydrogen-bond donors (Lipinski definition) is 0. The third-order valence-corrected chi connectivity index (χ3v) is 6.18. The fourth-order valence-electron chi connectivity index (χ4n) is 4.42. The first kappa shape index (κ1) is 19.4. The first-order valence-electron chi connectivity index (χ1n) is 10.2. The third kappa shape index (κ3) is 3.45. The monoisotopic (exact) mass is 421 g/mol. The molecule has 0 amide bonds. The Bertz CT molecular complexity index is 1220. The highest BCUT2D eigenvalue weighted by molar-refractivity contribution is 6.33. The summed E-state index contributed by atoms with van der Waals surface area (Å²) < 4.78 is 7.42. The van der Waals surface area contributed by atoms with Crippen LogP contribution in [-0.4, -0.2) is 51.3 Å². The molecule has 1 atom stereocenters. The third-order valence-electron chi connectivity index (χ3n) is 5.85. The van der Waals surface area contributed by atoms with Crippen LogP contribution in [-0.2, 0) is 11.3 Å². The zero-order valence-corrected chi connectivity index (χ0v) is 17.9. The summed E-state index contributed by atoms with van der Waals surface area (Å²) in [5.41, 5.74) is 5.66. The Balaban J connectivity index is 1.59. The number of rotatable bonds is 5. The molecule has 0 N–H and O–H groups in total. The van der Waals surface area contributed by atoms with Gasteiger partial charge in [-0.2, -0.15) is 0 Å². The van der Waals surface area contributed by atoms with Crippen LogP contribution in [0.5, 0.6) is 0 Å². The molecule has 154 valence electrons. The lowest BCUT2D eigenvalue weighted by molar-refractivity contribution is 0.152. The molecule has 0 aliphatic carbocycles. The summed E-state index contributed by atoms with van der Waals surface area (Å²) in [4.78, 5) is 7.25. The molecule has 0 saturated carbocycles. The minimum Gasteiger partial charge on any atom is -0.384 e. The number of methoxy groups -OCH3 is 1. The predicted molar refractivity (Wildman–Crippen MR) is 119 cm³/mol. The number of aromatic nitrogens is 4. The summed E-state index contributed by atoms with van der Waals surface area (Å²) >= 11 is 6.48. The van der Waals surface area contributed by atoms with E-state index in [-0.39, 0.29) is 0 Å². The van der Waals surface area contributed by atoms with E-state index in [1.165, 1.54) is 12.0 Å². The van der Waals surface area contributed by atoms with Crippen molar-refractivity contribution in [3.8, 4) is 11.4 Å². The molecule has 7 heteroatoms. The maximum absolute atomic E-state index is 6.48. The van der Waals surface area contributed by atoms with Crippen molar-refractivity contribution in [2.75, 3.05) is 26.8 Å². The van der Waals surface area contributed by atoms with E-state index in [0.29, 0.717) is 10.9 Å². The molecule has 2 aromatic heterocycles. The van der Waals surface area contributed by atoms with Gasteiger partial charge in [-0.15, -0.1) is 10.2 Å². The highest BCUT2D eigenvalue weighted by atomic mass is 35.5. The predicted octanol–water partition coefficient (Wildman–Crippen LogP) is 4.37. The second kappa shape index (κ2) is 7.95. The molecule has 1 fully saturated rings. The molecule has 4 aromatic rings. The van der Waals surface area contributed by atoms with Gasteiger partial charge in [-0.05, 0) is 55.6 Å². The summed E-state index contributed by atoms with van der Waals surface area (Å²) in [6.45, 7) is 5.89. The lowest BCUT2D eigenvalue weighted by Gasteiger charge is -2.17. The Hall–Kier alpha value is -2.54. The van der Waals surface area contributed by atoms with Gasteiger partial charge in [0.05, 0.1) is 28.4 Å². The normalized spacial score (nSPS) is 17.4. The van der Waals surface area contributed by atoms with Gasteiger partial charge in [0.1, 0.15) is 0 Å². The van der Waals surface area contributed by atoms with Crippen LogP contribution in [0.25, 0.3) is 28.1 Å². The summed E-state index contributed by atoms with van der Waals surface area (Å²) in [7, 11) is 1.78. The molecule has 0 bridgehead atoms. The van der Waals surface area contributed by atoms with Crippen molar-refractivity contribution in [1.29, 1.82) is 0 Å². The van der Waals surface area contributed by atoms with Gasteiger partial charge in [-0.3, -0.25) is 9.30 Å². The number of aryl methyl sites for hydroxylation is 1. The molecule has 5 rings (SSSR count). The van der Waals surface area contributed by atoms with Crippen LogP contribution in [0, 0.1) is 12.8 Å². The SMILES string of the molecule is COCC1CCN(Cc2ccc3nc(C)c4nnc(-c5ccccc5Cl)n4c3c2)C1. The van der Waals surface area contributed by atoms with Crippen LogP contribution in [0.4, 0.5) is 0 Å². The van der Waals surface area contributed by atoms with Crippen molar-refractivity contribution in [2.24, 2.45) is 5.92 Å². The van der Waals surface area contributed by atoms with Crippen molar-refractivity contribution < 1.29 is 4.74 Å². The minimum absolute atomic E-state index is 0.621. The van der Waals surface area contributed by atoms with Gasteiger partial charge in [0, 0.05) is 25.8 Å². The number of hydrogen-bond acceptors (Lipinski definition) is 5. The molecule has 1 aliphatic heterocycles. The topological polar surface area (TPSA) is 55.5 Å². The molecule has 3 heterocycles. The van der Waals surface area contributed by atoms with Crippen LogP contribution >= 0.6 is 11.6 Å². The Morgan fingerprint density at radius 3 is 2.87 bits per heavy atom. The molecule has 1 saturated heterocycles. The van der Waals surface area contributed by atoms with E-state index in [2.05, 4.69) is 37.7 Å². The van der Waals surface area contributed by atoms with Crippen LogP contribution in [0.15, 0.2) is 42.5 Å². The minimum atomic E-state index is 0.621. The Labute approximate surface area is 180 Å². The Morgan fingerprint density at radius 1 is 1.17 bits per heavy atom. The Kier molecular flexibility index (Phi) is 5.15. The summed E-state index contributed by atoms with van der Waals surface area (Å²) in [6.07, 6.45) is 1.19. The van der Waals surface area contributed by atoms with E-state index in [1.54, 1.807) is 7.11 Å². The molecule has 0 radical (unpaired) electrons. The number of ether oxygens (including phenoxy) is 1. The van der Waals surface area contributed by atoms with Gasteiger partial charge in [-0.25, -0.2) is 4.98 Å². The quantitative estimate of drug-likeness (QED) is 0.478. The van der Waals surface area contributed by atoms with Gasteiger partial charge in [-0.1, -0.05) is 29.8 Å². The molecule has 30 heavy (non-hydrogen) atoms. The molecule has 2 aromatic carbocycles. The average molecular weight is 422 g/mol. The van der Waals surface area contributed by atoms with Crippen LogP contribution < -0.4 is 0 Å². The largest absolute Gasteiger partial charge is 0.384 e. The maximum Gasteiger partial charge on any atom is 0.183 e. The van der Waals surface area contributed by atoms with Crippen molar-refractivity contribution in [2.45, 2.75) is 19.9 Å². The maximum atomic E-state index is 6.48. The smallest absolute Gasteiger partial charge is 0.183 e. The van der Waals surface area contributed by atoms with Crippen molar-refractivity contribution in [1.82, 2.24) is 24.5 Å². The standard InChI is InChI=1S/C23H24ClN5O/c1-15-22-26-27-23(18-5-3-4-6-19(18)24)29(22)21-11-16(7-8-20(21)25-15)12-28-10-9-17(13-28)14-30-2/h3-8,11,17H,9-10,12-14H2,1-2H3. The fraction of sp³-hybridized carbons (Fsp3) is 0.348. The van der Waals surface area contributed by atoms with Gasteiger partial charge in [0.15, 0.2) is 11.5 Å². The van der Waals surface area contributed by atoms with Crippen LogP contribution in [0.3, 0.4) is 0 Å². The fourth-order valence-corrected chi connectivity index (χ4v) is 4.64. The highest BCUT2D eigenvalue weighted by Gasteiger charge is 2.23. The summed E-state index contributed by atoms with van der Waals surface area (Å²) in [5, 5.41) is 9.54. The number of benzene rings is 2. The first-order valence-corrected chi connectivity index (χ1v) is 10.6. The summed E-state index contributed by atoms with van der Waals surface area (Å²) in [5.74, 6) is 1.36. The van der Waals surface area contributed by atoms with E-state index >= 15 is 0 Å². The van der Waals surface area contributed by atoms with Crippen molar-refractivity contribution in [3.63, 3.8) is 0 Å². The molecule has 0 spiro atoms. The number of likely N-dealkylation sites (tertiary alicyclic amines) is 1.